The summed E-state index contributed by atoms with van der Waals surface area (Å²) in [5, 5.41) is 2.88. The average molecular weight is 379 g/mol. The van der Waals surface area contributed by atoms with Crippen LogP contribution in [0.4, 0.5) is 13.2 Å². The Morgan fingerprint density at radius 3 is 2.73 bits per heavy atom. The van der Waals surface area contributed by atoms with E-state index in [4.69, 9.17) is 0 Å². The molecule has 0 spiro atoms. The zero-order valence-corrected chi connectivity index (χ0v) is 14.4. The zero-order valence-electron chi connectivity index (χ0n) is 13.6. The van der Waals surface area contributed by atoms with Crippen LogP contribution in [-0.4, -0.2) is 18.3 Å². The molecule has 0 aromatic heterocycles. The van der Waals surface area contributed by atoms with Crippen molar-refractivity contribution >= 4 is 23.7 Å². The third-order valence-corrected chi connectivity index (χ3v) is 5.03. The number of thioether (sulfide) groups is 1. The van der Waals surface area contributed by atoms with Gasteiger partial charge < -0.3 is 10.1 Å². The summed E-state index contributed by atoms with van der Waals surface area (Å²) in [4.78, 5) is 12.8. The smallest absolute Gasteiger partial charge is 0.387 e. The quantitative estimate of drug-likeness (QED) is 0.759. The minimum absolute atomic E-state index is 0.0555. The molecule has 1 heterocycles. The molecule has 3 rings (SSSR count). The lowest BCUT2D eigenvalue weighted by Gasteiger charge is -2.25. The number of rotatable bonds is 5. The fraction of sp³-hybridized carbons (Fsp3) is 0.211. The fourth-order valence-corrected chi connectivity index (χ4v) is 3.83. The third-order valence-electron chi connectivity index (χ3n) is 3.87. The number of amides is 1. The molecular formula is C19H16F3NO2S. The SMILES string of the molecule is O=C(C=Cc1ccc(OC(F)F)cc1)NC1CCSc2c(F)cccc21. The summed E-state index contributed by atoms with van der Waals surface area (Å²) in [6.07, 6.45) is 3.66. The van der Waals surface area contributed by atoms with Gasteiger partial charge in [-0.2, -0.15) is 8.78 Å². The monoisotopic (exact) mass is 379 g/mol. The van der Waals surface area contributed by atoms with Gasteiger partial charge in [-0.1, -0.05) is 24.3 Å². The summed E-state index contributed by atoms with van der Waals surface area (Å²) in [7, 11) is 0. The van der Waals surface area contributed by atoms with Gasteiger partial charge in [-0.05, 0) is 41.8 Å². The van der Waals surface area contributed by atoms with E-state index in [-0.39, 0.29) is 23.5 Å². The first kappa shape index (κ1) is 18.4. The number of ether oxygens (including phenoxy) is 1. The van der Waals surface area contributed by atoms with E-state index in [0.717, 1.165) is 17.7 Å². The predicted molar refractivity (Wildman–Crippen MR) is 94.7 cm³/mol. The van der Waals surface area contributed by atoms with E-state index in [1.165, 1.54) is 36.0 Å². The van der Waals surface area contributed by atoms with Crippen LogP contribution in [0.5, 0.6) is 5.75 Å². The van der Waals surface area contributed by atoms with Gasteiger partial charge in [0.05, 0.1) is 6.04 Å². The number of hydrogen-bond acceptors (Lipinski definition) is 3. The highest BCUT2D eigenvalue weighted by molar-refractivity contribution is 7.99. The van der Waals surface area contributed by atoms with Gasteiger partial charge in [0, 0.05) is 16.7 Å². The summed E-state index contributed by atoms with van der Waals surface area (Å²) in [6.45, 7) is -2.87. The summed E-state index contributed by atoms with van der Waals surface area (Å²) in [6, 6.07) is 10.6. The number of hydrogen-bond donors (Lipinski definition) is 1. The van der Waals surface area contributed by atoms with Gasteiger partial charge in [0.2, 0.25) is 5.91 Å². The Morgan fingerprint density at radius 2 is 2.00 bits per heavy atom. The van der Waals surface area contributed by atoms with Gasteiger partial charge in [-0.25, -0.2) is 4.39 Å². The largest absolute Gasteiger partial charge is 0.435 e. The summed E-state index contributed by atoms with van der Waals surface area (Å²) < 4.78 is 42.4. The number of benzene rings is 2. The maximum atomic E-state index is 13.9. The molecule has 7 heteroatoms. The lowest BCUT2D eigenvalue weighted by atomic mass is 10.0. The van der Waals surface area contributed by atoms with Crippen molar-refractivity contribution in [2.24, 2.45) is 0 Å². The van der Waals surface area contributed by atoms with Crippen LogP contribution in [0.1, 0.15) is 23.6 Å². The molecule has 1 N–H and O–H groups in total. The van der Waals surface area contributed by atoms with Gasteiger partial charge in [0.1, 0.15) is 11.6 Å². The molecule has 0 fully saturated rings. The van der Waals surface area contributed by atoms with Crippen molar-refractivity contribution in [2.45, 2.75) is 24.0 Å². The molecule has 0 bridgehead atoms. The molecule has 0 saturated carbocycles. The minimum atomic E-state index is -2.87. The topological polar surface area (TPSA) is 38.3 Å². The molecule has 1 aliphatic heterocycles. The molecule has 26 heavy (non-hydrogen) atoms. The Kier molecular flexibility index (Phi) is 5.88. The van der Waals surface area contributed by atoms with E-state index in [9.17, 15) is 18.0 Å². The second-order valence-corrected chi connectivity index (χ2v) is 6.74. The summed E-state index contributed by atoms with van der Waals surface area (Å²) in [5.74, 6) is 0.215. The molecule has 136 valence electrons. The lowest BCUT2D eigenvalue weighted by molar-refractivity contribution is -0.117. The van der Waals surface area contributed by atoms with E-state index in [1.54, 1.807) is 24.3 Å². The third kappa shape index (κ3) is 4.60. The molecule has 0 aliphatic carbocycles. The van der Waals surface area contributed by atoms with Crippen LogP contribution in [0.3, 0.4) is 0 Å². The van der Waals surface area contributed by atoms with Crippen LogP contribution in [0, 0.1) is 5.82 Å². The standard InChI is InChI=1S/C19H16F3NO2S/c20-15-3-1-2-14-16(10-11-26-18(14)15)23-17(24)9-6-12-4-7-13(8-5-12)25-19(21)22/h1-9,16,19H,10-11H2,(H,23,24). The van der Waals surface area contributed by atoms with Gasteiger partial charge >= 0.3 is 6.61 Å². The predicted octanol–water partition coefficient (Wildman–Crippen LogP) is 4.79. The Morgan fingerprint density at radius 1 is 1.23 bits per heavy atom. The normalized spacial score (nSPS) is 16.5. The molecular weight excluding hydrogens is 363 g/mol. The zero-order chi connectivity index (χ0) is 18.5. The first-order valence-corrected chi connectivity index (χ1v) is 8.96. The van der Waals surface area contributed by atoms with Crippen LogP contribution >= 0.6 is 11.8 Å². The number of carbonyl (C=O) groups is 1. The number of nitrogens with one attached hydrogen (secondary N) is 1. The van der Waals surface area contributed by atoms with Crippen LogP contribution in [0.2, 0.25) is 0 Å². The summed E-state index contributed by atoms with van der Waals surface area (Å²) in [5.41, 5.74) is 1.46. The van der Waals surface area contributed by atoms with E-state index in [2.05, 4.69) is 10.1 Å². The molecule has 1 amide bonds. The lowest BCUT2D eigenvalue weighted by Crippen LogP contribution is -2.29. The van der Waals surface area contributed by atoms with E-state index < -0.39 is 6.61 Å². The summed E-state index contributed by atoms with van der Waals surface area (Å²) >= 11 is 1.45. The van der Waals surface area contributed by atoms with Gasteiger partial charge in [0.25, 0.3) is 0 Å². The highest BCUT2D eigenvalue weighted by Crippen LogP contribution is 2.37. The molecule has 1 aliphatic rings. The molecule has 1 unspecified atom stereocenters. The Labute approximate surface area is 153 Å². The maximum absolute atomic E-state index is 13.9. The van der Waals surface area contributed by atoms with Crippen LogP contribution < -0.4 is 10.1 Å². The van der Waals surface area contributed by atoms with E-state index in [1.807, 2.05) is 6.07 Å². The number of alkyl halides is 2. The van der Waals surface area contributed by atoms with Crippen molar-refractivity contribution in [1.29, 1.82) is 0 Å². The second kappa shape index (κ2) is 8.31. The molecule has 0 saturated heterocycles. The van der Waals surface area contributed by atoms with Crippen molar-refractivity contribution in [3.05, 3.63) is 65.5 Å². The first-order valence-electron chi connectivity index (χ1n) is 7.97. The Bertz CT molecular complexity index is 809. The molecule has 1 atom stereocenters. The van der Waals surface area contributed by atoms with Crippen molar-refractivity contribution in [2.75, 3.05) is 5.75 Å². The highest BCUT2D eigenvalue weighted by atomic mass is 32.2. The van der Waals surface area contributed by atoms with E-state index in [0.29, 0.717) is 10.5 Å². The molecule has 0 radical (unpaired) electrons. The van der Waals surface area contributed by atoms with Crippen LogP contribution in [-0.2, 0) is 4.79 Å². The fourth-order valence-electron chi connectivity index (χ4n) is 2.69. The van der Waals surface area contributed by atoms with Gasteiger partial charge in [-0.3, -0.25) is 4.79 Å². The van der Waals surface area contributed by atoms with Crippen molar-refractivity contribution in [3.63, 3.8) is 0 Å². The van der Waals surface area contributed by atoms with Gasteiger partial charge in [0.15, 0.2) is 0 Å². The Balaban J connectivity index is 1.63. The molecule has 3 nitrogen and oxygen atoms in total. The number of carbonyl (C=O) groups excluding carboxylic acids is 1. The van der Waals surface area contributed by atoms with Crippen molar-refractivity contribution in [1.82, 2.24) is 5.32 Å². The average Bonchev–Trinajstić information content (AvgIpc) is 2.62. The minimum Gasteiger partial charge on any atom is -0.435 e. The number of halogens is 3. The molecule has 2 aromatic carbocycles. The highest BCUT2D eigenvalue weighted by Gasteiger charge is 2.23. The molecule has 2 aromatic rings. The number of fused-ring (bicyclic) bond motifs is 1. The van der Waals surface area contributed by atoms with Crippen LogP contribution in [0.25, 0.3) is 6.08 Å². The maximum Gasteiger partial charge on any atom is 0.387 e. The van der Waals surface area contributed by atoms with Gasteiger partial charge in [-0.15, -0.1) is 11.8 Å². The van der Waals surface area contributed by atoms with Crippen LogP contribution in [0.15, 0.2) is 53.4 Å². The van der Waals surface area contributed by atoms with E-state index >= 15 is 0 Å². The van der Waals surface area contributed by atoms with Crippen molar-refractivity contribution in [3.8, 4) is 5.75 Å². The second-order valence-electron chi connectivity index (χ2n) is 5.64. The first-order chi connectivity index (χ1) is 12.5. The van der Waals surface area contributed by atoms with Crippen molar-refractivity contribution < 1.29 is 22.7 Å². The Hall–Kier alpha value is -2.41.